The van der Waals surface area contributed by atoms with Gasteiger partial charge in [-0.25, -0.2) is 5.53 Å². The van der Waals surface area contributed by atoms with Gasteiger partial charge in [-0.05, 0) is 6.08 Å². The van der Waals surface area contributed by atoms with Crippen molar-refractivity contribution in [3.8, 4) is 0 Å². The number of ether oxygens (including phenoxy) is 1. The second kappa shape index (κ2) is 2.30. The Balaban J connectivity index is 2.26. The molecule has 0 fully saturated rings. The molecule has 58 valence electrons. The van der Waals surface area contributed by atoms with Crippen molar-refractivity contribution >= 4 is 5.71 Å². The van der Waals surface area contributed by atoms with Crippen molar-refractivity contribution in [3.63, 3.8) is 0 Å². The Morgan fingerprint density at radius 2 is 2.55 bits per heavy atom. The number of hydrazine groups is 1. The number of nitrogens with one attached hydrogen (secondary N) is 2. The van der Waals surface area contributed by atoms with E-state index in [9.17, 15) is 0 Å². The first-order valence-corrected chi connectivity index (χ1v) is 3.44. The maximum absolute atomic E-state index is 5.06. The number of nitrogens with zero attached hydrogens (tertiary/aromatic N) is 1. The normalized spacial score (nSPS) is 20.3. The van der Waals surface area contributed by atoms with Gasteiger partial charge in [0.2, 0.25) is 0 Å². The molecule has 2 aliphatic rings. The number of fused-ring (bicyclic) bond motifs is 1. The number of rotatable bonds is 1. The van der Waals surface area contributed by atoms with Gasteiger partial charge >= 0.3 is 0 Å². The average Bonchev–Trinajstić information content (AvgIpc) is 2.50. The molecule has 0 amide bonds. The van der Waals surface area contributed by atoms with E-state index in [1.54, 1.807) is 7.11 Å². The number of allylic oxidation sites excluding steroid dienone is 3. The fourth-order valence-electron chi connectivity index (χ4n) is 1.10. The molecule has 11 heavy (non-hydrogen) atoms. The third-order valence-electron chi connectivity index (χ3n) is 1.71. The molecule has 0 aromatic carbocycles. The van der Waals surface area contributed by atoms with Crippen LogP contribution in [0.2, 0.25) is 0 Å². The Kier molecular flexibility index (Phi) is 1.31. The lowest BCUT2D eigenvalue weighted by Gasteiger charge is -2.08. The summed E-state index contributed by atoms with van der Waals surface area (Å²) in [6.07, 6.45) is 4.74. The minimum absolute atomic E-state index is 0.828. The van der Waals surface area contributed by atoms with E-state index in [-0.39, 0.29) is 0 Å². The van der Waals surface area contributed by atoms with Gasteiger partial charge in [0.15, 0.2) is 0 Å². The van der Waals surface area contributed by atoms with Crippen LogP contribution in [0.25, 0.3) is 0 Å². The first-order valence-electron chi connectivity index (χ1n) is 3.44. The van der Waals surface area contributed by atoms with Gasteiger partial charge in [-0.1, -0.05) is 0 Å². The van der Waals surface area contributed by atoms with E-state index in [1.165, 1.54) is 0 Å². The number of methoxy groups -OCH3 is 1. The molecule has 2 N–H and O–H groups in total. The summed E-state index contributed by atoms with van der Waals surface area (Å²) in [4.78, 5) is 0. The monoisotopic (exact) mass is 151 g/mol. The van der Waals surface area contributed by atoms with Gasteiger partial charge < -0.3 is 4.74 Å². The van der Waals surface area contributed by atoms with Crippen molar-refractivity contribution in [1.82, 2.24) is 11.0 Å². The summed E-state index contributed by atoms with van der Waals surface area (Å²) >= 11 is 0. The average molecular weight is 151 g/mol. The van der Waals surface area contributed by atoms with Crippen molar-refractivity contribution in [2.75, 3.05) is 7.11 Å². The van der Waals surface area contributed by atoms with Crippen LogP contribution >= 0.6 is 0 Å². The summed E-state index contributed by atoms with van der Waals surface area (Å²) < 4.78 is 5.06. The molecule has 1 heterocycles. The molecular formula is C7H9N3O. The third kappa shape index (κ3) is 0.960. The number of hydrogen-bond acceptors (Lipinski definition) is 4. The van der Waals surface area contributed by atoms with Crippen LogP contribution in [0.3, 0.4) is 0 Å². The van der Waals surface area contributed by atoms with Gasteiger partial charge in [0.05, 0.1) is 18.5 Å². The maximum Gasteiger partial charge on any atom is 0.117 e. The minimum Gasteiger partial charge on any atom is -0.497 e. The molecule has 0 bridgehead atoms. The zero-order valence-electron chi connectivity index (χ0n) is 6.22. The van der Waals surface area contributed by atoms with Crippen LogP contribution in [0.15, 0.2) is 28.7 Å². The summed E-state index contributed by atoms with van der Waals surface area (Å²) in [6.45, 7) is 0. The second-order valence-electron chi connectivity index (χ2n) is 2.37. The van der Waals surface area contributed by atoms with Crippen molar-refractivity contribution in [2.24, 2.45) is 5.10 Å². The molecule has 4 nitrogen and oxygen atoms in total. The molecule has 0 spiro atoms. The van der Waals surface area contributed by atoms with Crippen molar-refractivity contribution in [2.45, 2.75) is 6.42 Å². The molecule has 2 rings (SSSR count). The Bertz CT molecular complexity index is 265. The van der Waals surface area contributed by atoms with Crippen LogP contribution in [0.5, 0.6) is 0 Å². The predicted molar refractivity (Wildman–Crippen MR) is 41.5 cm³/mol. The van der Waals surface area contributed by atoms with Gasteiger partial charge in [-0.3, -0.25) is 5.43 Å². The Morgan fingerprint density at radius 1 is 1.64 bits per heavy atom. The van der Waals surface area contributed by atoms with Crippen molar-refractivity contribution in [3.05, 3.63) is 23.6 Å². The maximum atomic E-state index is 5.06. The van der Waals surface area contributed by atoms with Crippen molar-refractivity contribution in [1.29, 1.82) is 0 Å². The van der Waals surface area contributed by atoms with Crippen LogP contribution < -0.4 is 11.0 Å². The highest BCUT2D eigenvalue weighted by atomic mass is 16.5. The summed E-state index contributed by atoms with van der Waals surface area (Å²) in [5.41, 5.74) is 7.64. The molecule has 0 atom stereocenters. The lowest BCUT2D eigenvalue weighted by atomic mass is 10.1. The largest absolute Gasteiger partial charge is 0.497 e. The molecule has 0 aromatic heterocycles. The van der Waals surface area contributed by atoms with Crippen LogP contribution in [-0.2, 0) is 4.74 Å². The quantitative estimate of drug-likeness (QED) is 0.565. The molecule has 0 saturated heterocycles. The minimum atomic E-state index is 0.828. The van der Waals surface area contributed by atoms with Gasteiger partial charge in [-0.2, -0.15) is 5.10 Å². The standard InChI is InChI=1S/C7H9N3O/c1-11-5-2-3-6-7(4-5)9-10-8-6/h2,4,9-10H,3H2,1H3. The Morgan fingerprint density at radius 3 is 3.36 bits per heavy atom. The molecule has 0 saturated carbocycles. The zero-order valence-corrected chi connectivity index (χ0v) is 6.22. The molecule has 0 radical (unpaired) electrons. The van der Waals surface area contributed by atoms with E-state index in [1.807, 2.05) is 12.2 Å². The fourth-order valence-corrected chi connectivity index (χ4v) is 1.10. The van der Waals surface area contributed by atoms with Gasteiger partial charge in [0.1, 0.15) is 5.76 Å². The van der Waals surface area contributed by atoms with Crippen LogP contribution in [-0.4, -0.2) is 12.8 Å². The van der Waals surface area contributed by atoms with E-state index < -0.39 is 0 Å². The van der Waals surface area contributed by atoms with E-state index in [2.05, 4.69) is 16.1 Å². The summed E-state index contributed by atoms with van der Waals surface area (Å²) in [5.74, 6) is 0.884. The van der Waals surface area contributed by atoms with Crippen LogP contribution in [0, 0.1) is 0 Å². The zero-order chi connectivity index (χ0) is 7.68. The summed E-state index contributed by atoms with van der Waals surface area (Å²) in [5, 5.41) is 4.01. The van der Waals surface area contributed by atoms with Crippen LogP contribution in [0.4, 0.5) is 0 Å². The van der Waals surface area contributed by atoms with E-state index in [0.717, 1.165) is 23.6 Å². The van der Waals surface area contributed by atoms with Gasteiger partial charge in [-0.15, -0.1) is 0 Å². The Hall–Kier alpha value is -1.45. The highest BCUT2D eigenvalue weighted by molar-refractivity contribution is 6.02. The number of hydrazone groups is 1. The van der Waals surface area contributed by atoms with E-state index in [0.29, 0.717) is 0 Å². The topological polar surface area (TPSA) is 45.6 Å². The second-order valence-corrected chi connectivity index (χ2v) is 2.37. The third-order valence-corrected chi connectivity index (χ3v) is 1.71. The first kappa shape index (κ1) is 6.27. The molecule has 0 aromatic rings. The summed E-state index contributed by atoms with van der Waals surface area (Å²) in [7, 11) is 1.66. The molecule has 1 aliphatic heterocycles. The summed E-state index contributed by atoms with van der Waals surface area (Å²) in [6, 6.07) is 0. The highest BCUT2D eigenvalue weighted by Crippen LogP contribution is 2.15. The number of hydrogen-bond donors (Lipinski definition) is 2. The lowest BCUT2D eigenvalue weighted by Crippen LogP contribution is -2.21. The molecule has 0 unspecified atom stereocenters. The fraction of sp³-hybridized carbons (Fsp3) is 0.286. The smallest absolute Gasteiger partial charge is 0.117 e. The van der Waals surface area contributed by atoms with E-state index in [4.69, 9.17) is 4.74 Å². The SMILES string of the molecule is COC1=CCC2=NNNC2=C1. The predicted octanol–water partition coefficient (Wildman–Crippen LogP) is 0.268. The van der Waals surface area contributed by atoms with Crippen molar-refractivity contribution < 1.29 is 4.74 Å². The molecular weight excluding hydrogens is 142 g/mol. The van der Waals surface area contributed by atoms with Gasteiger partial charge in [0.25, 0.3) is 0 Å². The van der Waals surface area contributed by atoms with E-state index >= 15 is 0 Å². The molecule has 1 aliphatic carbocycles. The van der Waals surface area contributed by atoms with Crippen LogP contribution in [0.1, 0.15) is 6.42 Å². The van der Waals surface area contributed by atoms with Gasteiger partial charge in [0, 0.05) is 12.5 Å². The molecule has 4 heteroatoms. The lowest BCUT2D eigenvalue weighted by molar-refractivity contribution is 0.304. The Labute approximate surface area is 64.6 Å². The highest BCUT2D eigenvalue weighted by Gasteiger charge is 2.16. The first-order chi connectivity index (χ1) is 5.40.